The van der Waals surface area contributed by atoms with Gasteiger partial charge in [0, 0.05) is 17.3 Å². The van der Waals surface area contributed by atoms with Gasteiger partial charge in [-0.15, -0.1) is 0 Å². The van der Waals surface area contributed by atoms with Crippen LogP contribution in [0.2, 0.25) is 5.02 Å². The molecule has 2 aromatic carbocycles. The SMILES string of the molecule is COc1ccc(C2=C(Nc3cc(Cl)ccc3C)C(=O)N(CC(C)C)C2=O)cc1OC. The van der Waals surface area contributed by atoms with Crippen LogP contribution in [-0.4, -0.2) is 37.5 Å². The van der Waals surface area contributed by atoms with Gasteiger partial charge in [0.2, 0.25) is 0 Å². The predicted molar refractivity (Wildman–Crippen MR) is 118 cm³/mol. The van der Waals surface area contributed by atoms with Gasteiger partial charge in [0.15, 0.2) is 11.5 Å². The average Bonchev–Trinajstić information content (AvgIpc) is 2.94. The molecule has 2 amide bonds. The smallest absolute Gasteiger partial charge is 0.278 e. The average molecular weight is 429 g/mol. The Morgan fingerprint density at radius 1 is 1.00 bits per heavy atom. The number of hydrogen-bond acceptors (Lipinski definition) is 5. The lowest BCUT2D eigenvalue weighted by atomic mass is 10.0. The third-order valence-corrected chi connectivity index (χ3v) is 5.08. The maximum atomic E-state index is 13.3. The van der Waals surface area contributed by atoms with Crippen molar-refractivity contribution >= 4 is 34.7 Å². The van der Waals surface area contributed by atoms with Crippen molar-refractivity contribution in [3.05, 3.63) is 58.2 Å². The summed E-state index contributed by atoms with van der Waals surface area (Å²) in [6, 6.07) is 10.5. The van der Waals surface area contributed by atoms with Crippen molar-refractivity contribution in [2.24, 2.45) is 5.92 Å². The Bertz CT molecular complexity index is 1030. The molecular weight excluding hydrogens is 404 g/mol. The molecule has 1 N–H and O–H groups in total. The van der Waals surface area contributed by atoms with Gasteiger partial charge in [0.05, 0.1) is 19.8 Å². The molecule has 0 bridgehead atoms. The van der Waals surface area contributed by atoms with Crippen LogP contribution < -0.4 is 14.8 Å². The van der Waals surface area contributed by atoms with E-state index in [-0.39, 0.29) is 23.4 Å². The van der Waals surface area contributed by atoms with Crippen LogP contribution in [0.5, 0.6) is 11.5 Å². The van der Waals surface area contributed by atoms with E-state index in [1.165, 1.54) is 12.0 Å². The minimum atomic E-state index is -0.363. The number of anilines is 1. The Kier molecular flexibility index (Phi) is 6.37. The molecule has 0 unspecified atom stereocenters. The van der Waals surface area contributed by atoms with Crippen molar-refractivity contribution in [2.75, 3.05) is 26.1 Å². The van der Waals surface area contributed by atoms with Gasteiger partial charge < -0.3 is 14.8 Å². The first-order chi connectivity index (χ1) is 14.3. The molecular formula is C23H25ClN2O4. The summed E-state index contributed by atoms with van der Waals surface area (Å²) in [6.45, 7) is 6.16. The lowest BCUT2D eigenvalue weighted by Gasteiger charge is -2.17. The standard InChI is InChI=1S/C23H25ClN2O4/c1-13(2)12-26-22(27)20(15-7-9-18(29-4)19(10-15)30-5)21(23(26)28)25-17-11-16(24)8-6-14(17)3/h6-11,13,25H,12H2,1-5H3. The van der Waals surface area contributed by atoms with Crippen LogP contribution in [0.3, 0.4) is 0 Å². The first-order valence-electron chi connectivity index (χ1n) is 9.62. The van der Waals surface area contributed by atoms with Gasteiger partial charge in [0.25, 0.3) is 11.8 Å². The number of imide groups is 1. The Hall–Kier alpha value is -2.99. The van der Waals surface area contributed by atoms with Gasteiger partial charge in [-0.05, 0) is 48.2 Å². The highest BCUT2D eigenvalue weighted by atomic mass is 35.5. The molecule has 0 aromatic heterocycles. The van der Waals surface area contributed by atoms with Gasteiger partial charge in [-0.25, -0.2) is 0 Å². The Morgan fingerprint density at radius 3 is 2.33 bits per heavy atom. The molecule has 1 aliphatic rings. The number of ether oxygens (including phenoxy) is 2. The number of halogens is 1. The highest BCUT2D eigenvalue weighted by molar-refractivity contribution is 6.36. The highest BCUT2D eigenvalue weighted by Crippen LogP contribution is 2.36. The van der Waals surface area contributed by atoms with E-state index in [9.17, 15) is 9.59 Å². The normalized spacial score (nSPS) is 14.0. The predicted octanol–water partition coefficient (Wildman–Crippen LogP) is 4.51. The number of carbonyl (C=O) groups is 2. The fourth-order valence-corrected chi connectivity index (χ4v) is 3.52. The van der Waals surface area contributed by atoms with Crippen LogP contribution in [-0.2, 0) is 9.59 Å². The molecule has 0 saturated heterocycles. The second-order valence-electron chi connectivity index (χ2n) is 7.52. The molecule has 0 spiro atoms. The summed E-state index contributed by atoms with van der Waals surface area (Å²) in [7, 11) is 3.07. The molecule has 0 atom stereocenters. The third kappa shape index (κ3) is 4.14. The van der Waals surface area contributed by atoms with E-state index in [1.807, 2.05) is 26.8 Å². The zero-order chi connectivity index (χ0) is 22.0. The number of nitrogens with one attached hydrogen (secondary N) is 1. The van der Waals surface area contributed by atoms with Gasteiger partial charge >= 0.3 is 0 Å². The molecule has 7 heteroatoms. The van der Waals surface area contributed by atoms with E-state index in [1.54, 1.807) is 37.4 Å². The van der Waals surface area contributed by atoms with Crippen LogP contribution in [0.25, 0.3) is 5.57 Å². The number of carbonyl (C=O) groups excluding carboxylic acids is 2. The second-order valence-corrected chi connectivity index (χ2v) is 7.96. The first-order valence-corrected chi connectivity index (χ1v) is 10.0. The van der Waals surface area contributed by atoms with Crippen molar-refractivity contribution in [1.82, 2.24) is 4.90 Å². The van der Waals surface area contributed by atoms with Gasteiger partial charge in [-0.3, -0.25) is 14.5 Å². The van der Waals surface area contributed by atoms with Crippen LogP contribution in [0.15, 0.2) is 42.1 Å². The van der Waals surface area contributed by atoms with Gasteiger partial charge in [-0.1, -0.05) is 37.6 Å². The maximum Gasteiger partial charge on any atom is 0.278 e. The van der Waals surface area contributed by atoms with Crippen molar-refractivity contribution in [2.45, 2.75) is 20.8 Å². The highest BCUT2D eigenvalue weighted by Gasteiger charge is 2.39. The second kappa shape index (κ2) is 8.79. The molecule has 158 valence electrons. The quantitative estimate of drug-likeness (QED) is 0.657. The monoisotopic (exact) mass is 428 g/mol. The summed E-state index contributed by atoms with van der Waals surface area (Å²) < 4.78 is 10.7. The molecule has 1 aliphatic heterocycles. The van der Waals surface area contributed by atoms with E-state index in [0.29, 0.717) is 39.9 Å². The summed E-state index contributed by atoms with van der Waals surface area (Å²) in [5, 5.41) is 3.69. The maximum absolute atomic E-state index is 13.3. The van der Waals surface area contributed by atoms with Crippen LogP contribution in [0.1, 0.15) is 25.0 Å². The molecule has 30 heavy (non-hydrogen) atoms. The van der Waals surface area contributed by atoms with Crippen molar-refractivity contribution in [3.63, 3.8) is 0 Å². The lowest BCUT2D eigenvalue weighted by molar-refractivity contribution is -0.137. The van der Waals surface area contributed by atoms with Crippen LogP contribution >= 0.6 is 11.6 Å². The van der Waals surface area contributed by atoms with Crippen molar-refractivity contribution in [1.29, 1.82) is 0 Å². The summed E-state index contributed by atoms with van der Waals surface area (Å²) in [6.07, 6.45) is 0. The number of hydrogen-bond donors (Lipinski definition) is 1. The molecule has 1 heterocycles. The molecule has 2 aromatic rings. The number of nitrogens with zero attached hydrogens (tertiary/aromatic N) is 1. The summed E-state index contributed by atoms with van der Waals surface area (Å²) in [5.41, 5.74) is 2.66. The summed E-state index contributed by atoms with van der Waals surface area (Å²) in [4.78, 5) is 27.8. The zero-order valence-electron chi connectivity index (χ0n) is 17.7. The fourth-order valence-electron chi connectivity index (χ4n) is 3.35. The lowest BCUT2D eigenvalue weighted by Crippen LogP contribution is -2.35. The van der Waals surface area contributed by atoms with Gasteiger partial charge in [0.1, 0.15) is 5.70 Å². The van der Waals surface area contributed by atoms with Crippen molar-refractivity contribution in [3.8, 4) is 11.5 Å². The van der Waals surface area contributed by atoms with Crippen LogP contribution in [0, 0.1) is 12.8 Å². The fraction of sp³-hybridized carbons (Fsp3) is 0.304. The molecule has 0 radical (unpaired) electrons. The first kappa shape index (κ1) is 21.7. The number of benzene rings is 2. The minimum absolute atomic E-state index is 0.136. The largest absolute Gasteiger partial charge is 0.493 e. The Morgan fingerprint density at radius 2 is 1.70 bits per heavy atom. The van der Waals surface area contributed by atoms with E-state index >= 15 is 0 Å². The van der Waals surface area contributed by atoms with E-state index in [2.05, 4.69) is 5.32 Å². The molecule has 0 aliphatic carbocycles. The molecule has 0 fully saturated rings. The molecule has 0 saturated carbocycles. The Labute approximate surface area is 181 Å². The molecule has 6 nitrogen and oxygen atoms in total. The third-order valence-electron chi connectivity index (χ3n) is 4.85. The Balaban J connectivity index is 2.14. The number of rotatable bonds is 7. The number of methoxy groups -OCH3 is 2. The van der Waals surface area contributed by atoms with Crippen molar-refractivity contribution < 1.29 is 19.1 Å². The van der Waals surface area contributed by atoms with E-state index in [0.717, 1.165) is 5.56 Å². The topological polar surface area (TPSA) is 67.9 Å². The van der Waals surface area contributed by atoms with Gasteiger partial charge in [-0.2, -0.15) is 0 Å². The minimum Gasteiger partial charge on any atom is -0.493 e. The molecule has 3 rings (SSSR count). The van der Waals surface area contributed by atoms with E-state index < -0.39 is 0 Å². The zero-order valence-corrected chi connectivity index (χ0v) is 18.5. The number of amides is 2. The van der Waals surface area contributed by atoms with Crippen LogP contribution in [0.4, 0.5) is 5.69 Å². The van der Waals surface area contributed by atoms with E-state index in [4.69, 9.17) is 21.1 Å². The summed E-state index contributed by atoms with van der Waals surface area (Å²) >= 11 is 6.14. The number of aryl methyl sites for hydroxylation is 1. The summed E-state index contributed by atoms with van der Waals surface area (Å²) in [5.74, 6) is 0.443.